The van der Waals surface area contributed by atoms with Gasteiger partial charge in [-0.05, 0) is 0 Å². The fraction of sp³-hybridized carbons (Fsp3) is 0.333. The predicted octanol–water partition coefficient (Wildman–Crippen LogP) is 2.49. The molecule has 0 spiro atoms. The van der Waals surface area contributed by atoms with Crippen molar-refractivity contribution in [3.63, 3.8) is 0 Å². The summed E-state index contributed by atoms with van der Waals surface area (Å²) in [7, 11) is 0. The van der Waals surface area contributed by atoms with Crippen molar-refractivity contribution in [1.29, 1.82) is 0 Å². The van der Waals surface area contributed by atoms with E-state index in [0.717, 1.165) is 10.7 Å². The monoisotopic (exact) mass is 218 g/mol. The van der Waals surface area contributed by atoms with Crippen molar-refractivity contribution in [3.05, 3.63) is 22.0 Å². The van der Waals surface area contributed by atoms with Gasteiger partial charge in [0.15, 0.2) is 0 Å². The van der Waals surface area contributed by atoms with Crippen molar-refractivity contribution < 1.29 is 19.9 Å². The molecule has 0 aromatic heterocycles. The SMILES string of the molecule is CC1=[C]([V]=[O])CC=C1.Cl.Cl. The third-order valence-electron chi connectivity index (χ3n) is 1.24. The van der Waals surface area contributed by atoms with Crippen LogP contribution >= 0.6 is 24.8 Å². The number of rotatable bonds is 1. The molecular formula is C6H9Cl2OV. The molecule has 0 aromatic rings. The molecule has 4 heteroatoms. The minimum absolute atomic E-state index is 0. The molecule has 1 aliphatic rings. The summed E-state index contributed by atoms with van der Waals surface area (Å²) in [5.41, 5.74) is 1.21. The molecule has 0 saturated carbocycles. The molecule has 1 nitrogen and oxygen atoms in total. The minimum atomic E-state index is -0.745. The van der Waals surface area contributed by atoms with Gasteiger partial charge in [-0.25, -0.2) is 0 Å². The largest absolute Gasteiger partial charge is 0.147 e. The second-order valence-electron chi connectivity index (χ2n) is 1.83. The van der Waals surface area contributed by atoms with E-state index in [-0.39, 0.29) is 24.8 Å². The van der Waals surface area contributed by atoms with Gasteiger partial charge in [0.25, 0.3) is 0 Å². The Hall–Kier alpha value is 0.444. The maximum Gasteiger partial charge on any atom is -0.147 e. The van der Waals surface area contributed by atoms with Gasteiger partial charge in [-0.1, -0.05) is 0 Å². The number of hydrogen-bond acceptors (Lipinski definition) is 1. The van der Waals surface area contributed by atoms with Gasteiger partial charge in [0, 0.05) is 0 Å². The van der Waals surface area contributed by atoms with Gasteiger partial charge in [-0.2, -0.15) is 0 Å². The number of hydrogen-bond donors (Lipinski definition) is 0. The molecule has 0 aliphatic heterocycles. The molecule has 10 heavy (non-hydrogen) atoms. The summed E-state index contributed by atoms with van der Waals surface area (Å²) in [6.07, 6.45) is 5.01. The van der Waals surface area contributed by atoms with Gasteiger partial charge < -0.3 is 0 Å². The zero-order chi connectivity index (χ0) is 5.98. The quantitative estimate of drug-likeness (QED) is 0.662. The van der Waals surface area contributed by atoms with Crippen LogP contribution in [0.3, 0.4) is 0 Å². The van der Waals surface area contributed by atoms with Gasteiger partial charge in [0.2, 0.25) is 0 Å². The van der Waals surface area contributed by atoms with Crippen LogP contribution in [0.5, 0.6) is 0 Å². The Morgan fingerprint density at radius 1 is 1.50 bits per heavy atom. The first-order valence-electron chi connectivity index (χ1n) is 2.54. The second-order valence-corrected chi connectivity index (χ2v) is 2.96. The minimum Gasteiger partial charge on any atom is -0.147 e. The van der Waals surface area contributed by atoms with E-state index in [2.05, 4.69) is 6.08 Å². The van der Waals surface area contributed by atoms with E-state index < -0.39 is 16.2 Å². The first-order valence-corrected chi connectivity index (χ1v) is 3.81. The maximum atomic E-state index is 10.3. The first-order chi connectivity index (χ1) is 3.84. The molecule has 0 saturated heterocycles. The van der Waals surface area contributed by atoms with Gasteiger partial charge in [-0.15, -0.1) is 24.8 Å². The molecule has 1 rings (SSSR count). The van der Waals surface area contributed by atoms with E-state index in [1.807, 2.05) is 13.0 Å². The summed E-state index contributed by atoms with van der Waals surface area (Å²) in [6.45, 7) is 2.01. The molecule has 0 unspecified atom stereocenters. The zero-order valence-electron chi connectivity index (χ0n) is 5.53. The van der Waals surface area contributed by atoms with Crippen LogP contribution in [-0.4, -0.2) is 0 Å². The Kier molecular flexibility index (Phi) is 8.07. The van der Waals surface area contributed by atoms with E-state index in [9.17, 15) is 3.67 Å². The molecular weight excluding hydrogens is 210 g/mol. The van der Waals surface area contributed by atoms with Crippen LogP contribution < -0.4 is 0 Å². The van der Waals surface area contributed by atoms with Crippen LogP contribution in [0.1, 0.15) is 13.3 Å². The maximum absolute atomic E-state index is 10.3. The van der Waals surface area contributed by atoms with E-state index in [4.69, 9.17) is 0 Å². The zero-order valence-corrected chi connectivity index (χ0v) is 8.56. The summed E-state index contributed by atoms with van der Waals surface area (Å²) >= 11 is -0.745. The molecule has 0 amide bonds. The van der Waals surface area contributed by atoms with Gasteiger partial charge in [0.1, 0.15) is 0 Å². The molecule has 0 radical (unpaired) electrons. The average molecular weight is 219 g/mol. The summed E-state index contributed by atoms with van der Waals surface area (Å²) in [5, 5.41) is 0. The summed E-state index contributed by atoms with van der Waals surface area (Å²) < 4.78 is 11.5. The average Bonchev–Trinajstić information content (AvgIpc) is 2.14. The van der Waals surface area contributed by atoms with E-state index in [0.29, 0.717) is 0 Å². The molecule has 58 valence electrons. The van der Waals surface area contributed by atoms with Crippen LogP contribution in [0.15, 0.2) is 22.0 Å². The van der Waals surface area contributed by atoms with Crippen molar-refractivity contribution >= 4 is 24.8 Å². The van der Waals surface area contributed by atoms with Crippen molar-refractivity contribution in [2.24, 2.45) is 0 Å². The van der Waals surface area contributed by atoms with Crippen molar-refractivity contribution in [1.82, 2.24) is 0 Å². The van der Waals surface area contributed by atoms with Crippen LogP contribution in [0.4, 0.5) is 0 Å². The van der Waals surface area contributed by atoms with Crippen molar-refractivity contribution in [2.75, 3.05) is 0 Å². The van der Waals surface area contributed by atoms with Gasteiger partial charge in [0.05, 0.1) is 0 Å². The van der Waals surface area contributed by atoms with Crippen molar-refractivity contribution in [2.45, 2.75) is 13.3 Å². The molecule has 0 fully saturated rings. The summed E-state index contributed by atoms with van der Waals surface area (Å²) in [6, 6.07) is 0. The standard InChI is InChI=1S/C6H7.2ClH.O.V/c1-6-4-2-3-5-6;;;;/h2,4H,3H2,1H3;2*1H;;. The molecule has 0 aromatic carbocycles. The smallest absolute Gasteiger partial charge is 0.147 e. The third kappa shape index (κ3) is 3.02. The van der Waals surface area contributed by atoms with E-state index >= 15 is 0 Å². The molecule has 0 bridgehead atoms. The van der Waals surface area contributed by atoms with Crippen molar-refractivity contribution in [3.8, 4) is 0 Å². The van der Waals surface area contributed by atoms with E-state index in [1.165, 1.54) is 5.57 Å². The Morgan fingerprint density at radius 2 is 2.10 bits per heavy atom. The summed E-state index contributed by atoms with van der Waals surface area (Å²) in [5.74, 6) is 0. The molecule has 0 N–H and O–H groups in total. The van der Waals surface area contributed by atoms with Crippen LogP contribution in [0, 0.1) is 0 Å². The van der Waals surface area contributed by atoms with Crippen LogP contribution in [-0.2, 0) is 19.9 Å². The predicted molar refractivity (Wildman–Crippen MR) is 41.6 cm³/mol. The summed E-state index contributed by atoms with van der Waals surface area (Å²) in [4.78, 5) is 0. The Balaban J connectivity index is 0. The Morgan fingerprint density at radius 3 is 2.30 bits per heavy atom. The Bertz CT molecular complexity index is 175. The molecule has 0 atom stereocenters. The second kappa shape index (κ2) is 6.17. The molecule has 1 aliphatic carbocycles. The number of allylic oxidation sites excluding steroid dienone is 4. The number of halogens is 2. The third-order valence-corrected chi connectivity index (χ3v) is 2.42. The topological polar surface area (TPSA) is 17.1 Å². The van der Waals surface area contributed by atoms with E-state index in [1.54, 1.807) is 0 Å². The normalized spacial score (nSPS) is 14.1. The van der Waals surface area contributed by atoms with Gasteiger partial charge in [-0.3, -0.25) is 0 Å². The van der Waals surface area contributed by atoms with Crippen LogP contribution in [0.25, 0.3) is 0 Å². The molecule has 0 heterocycles. The van der Waals surface area contributed by atoms with Crippen LogP contribution in [0.2, 0.25) is 0 Å². The Labute approximate surface area is 80.1 Å². The fourth-order valence-electron chi connectivity index (χ4n) is 0.714. The van der Waals surface area contributed by atoms with Gasteiger partial charge >= 0.3 is 55.3 Å². The first kappa shape index (κ1) is 13.1. The fourth-order valence-corrected chi connectivity index (χ4v) is 1.34.